The van der Waals surface area contributed by atoms with Crippen molar-refractivity contribution in [1.29, 1.82) is 0 Å². The van der Waals surface area contributed by atoms with Crippen LogP contribution in [0.1, 0.15) is 37.8 Å². The maximum atomic E-state index is 9.63. The third-order valence-electron chi connectivity index (χ3n) is 3.90. The van der Waals surface area contributed by atoms with E-state index in [9.17, 15) is 5.11 Å². The van der Waals surface area contributed by atoms with Crippen LogP contribution in [-0.4, -0.2) is 26.6 Å². The van der Waals surface area contributed by atoms with Crippen LogP contribution in [-0.2, 0) is 6.54 Å². The van der Waals surface area contributed by atoms with E-state index in [4.69, 9.17) is 0 Å². The van der Waals surface area contributed by atoms with Crippen LogP contribution in [0.2, 0.25) is 0 Å². The molecule has 2 aromatic rings. The van der Waals surface area contributed by atoms with Crippen molar-refractivity contribution in [2.75, 3.05) is 6.61 Å². The Bertz CT molecular complexity index is 485. The van der Waals surface area contributed by atoms with Crippen molar-refractivity contribution in [1.82, 2.24) is 14.7 Å². The van der Waals surface area contributed by atoms with Crippen LogP contribution in [0.3, 0.4) is 0 Å². The topological polar surface area (TPSA) is 49.6 Å². The highest BCUT2D eigenvalue weighted by atomic mass is 32.1. The lowest BCUT2D eigenvalue weighted by Gasteiger charge is -2.36. The predicted molar refractivity (Wildman–Crippen MR) is 72.8 cm³/mol. The molecule has 98 valence electrons. The first-order valence-electron chi connectivity index (χ1n) is 6.58. The number of hydrogen-bond donors (Lipinski definition) is 2. The van der Waals surface area contributed by atoms with Crippen molar-refractivity contribution in [2.45, 2.75) is 44.2 Å². The predicted octanol–water partition coefficient (Wildman–Crippen LogP) is 2.18. The molecule has 0 saturated heterocycles. The van der Waals surface area contributed by atoms with Gasteiger partial charge in [0.2, 0.25) is 0 Å². The summed E-state index contributed by atoms with van der Waals surface area (Å²) >= 11 is 1.65. The van der Waals surface area contributed by atoms with Gasteiger partial charge in [-0.05, 0) is 12.8 Å². The first-order chi connectivity index (χ1) is 8.81. The summed E-state index contributed by atoms with van der Waals surface area (Å²) in [5, 5.41) is 15.2. The number of aliphatic hydroxyl groups excluding tert-OH is 1. The van der Waals surface area contributed by atoms with Crippen molar-refractivity contribution in [2.24, 2.45) is 0 Å². The van der Waals surface area contributed by atoms with Gasteiger partial charge in [0.15, 0.2) is 4.96 Å². The van der Waals surface area contributed by atoms with Crippen molar-refractivity contribution in [3.8, 4) is 0 Å². The van der Waals surface area contributed by atoms with Crippen LogP contribution in [0.25, 0.3) is 4.96 Å². The number of rotatable bonds is 4. The largest absolute Gasteiger partial charge is 0.394 e. The SMILES string of the molecule is OCC1(NCc2cn3ccsc3n2)CCCCC1. The zero-order valence-corrected chi connectivity index (χ0v) is 11.2. The van der Waals surface area contributed by atoms with E-state index >= 15 is 0 Å². The van der Waals surface area contributed by atoms with Gasteiger partial charge in [-0.2, -0.15) is 0 Å². The number of hydrogen-bond acceptors (Lipinski definition) is 4. The van der Waals surface area contributed by atoms with Gasteiger partial charge in [-0.15, -0.1) is 11.3 Å². The Hall–Kier alpha value is -0.910. The number of imidazole rings is 1. The fraction of sp³-hybridized carbons (Fsp3) is 0.615. The molecule has 1 aliphatic carbocycles. The summed E-state index contributed by atoms with van der Waals surface area (Å²) in [5.74, 6) is 0. The summed E-state index contributed by atoms with van der Waals surface area (Å²) in [5.41, 5.74) is 0.982. The van der Waals surface area contributed by atoms with Gasteiger partial charge < -0.3 is 10.4 Å². The first-order valence-corrected chi connectivity index (χ1v) is 7.46. The maximum Gasteiger partial charge on any atom is 0.193 e. The lowest BCUT2D eigenvalue weighted by molar-refractivity contribution is 0.119. The fourth-order valence-electron chi connectivity index (χ4n) is 2.76. The molecule has 3 rings (SSSR count). The van der Waals surface area contributed by atoms with Gasteiger partial charge in [0.1, 0.15) is 0 Å². The second-order valence-corrected chi connectivity index (χ2v) is 6.05. The quantitative estimate of drug-likeness (QED) is 0.891. The van der Waals surface area contributed by atoms with E-state index in [1.165, 1.54) is 19.3 Å². The molecule has 0 aliphatic heterocycles. The summed E-state index contributed by atoms with van der Waals surface area (Å²) in [6.45, 7) is 0.976. The van der Waals surface area contributed by atoms with E-state index in [1.54, 1.807) is 11.3 Å². The van der Waals surface area contributed by atoms with Gasteiger partial charge in [0, 0.05) is 29.9 Å². The van der Waals surface area contributed by atoms with E-state index in [2.05, 4.69) is 16.5 Å². The second-order valence-electron chi connectivity index (χ2n) is 5.18. The minimum atomic E-state index is -0.0741. The van der Waals surface area contributed by atoms with Gasteiger partial charge in [0.05, 0.1) is 12.3 Å². The van der Waals surface area contributed by atoms with Crippen molar-refractivity contribution >= 4 is 16.3 Å². The van der Waals surface area contributed by atoms with E-state index < -0.39 is 0 Å². The second kappa shape index (κ2) is 4.99. The third kappa shape index (κ3) is 2.30. The number of aliphatic hydroxyl groups is 1. The zero-order chi connectivity index (χ0) is 12.4. The third-order valence-corrected chi connectivity index (χ3v) is 4.67. The molecule has 1 saturated carbocycles. The van der Waals surface area contributed by atoms with Gasteiger partial charge in [0.25, 0.3) is 0 Å². The molecule has 2 N–H and O–H groups in total. The molecule has 5 heteroatoms. The minimum absolute atomic E-state index is 0.0741. The molecule has 0 bridgehead atoms. The number of nitrogens with zero attached hydrogens (tertiary/aromatic N) is 2. The Morgan fingerprint density at radius 2 is 2.22 bits per heavy atom. The van der Waals surface area contributed by atoms with E-state index in [1.807, 2.05) is 16.0 Å². The van der Waals surface area contributed by atoms with Crippen molar-refractivity contribution in [3.05, 3.63) is 23.5 Å². The Morgan fingerprint density at radius 1 is 1.39 bits per heavy atom. The monoisotopic (exact) mass is 265 g/mol. The van der Waals surface area contributed by atoms with E-state index in [0.717, 1.165) is 30.0 Å². The van der Waals surface area contributed by atoms with Crippen LogP contribution >= 0.6 is 11.3 Å². The molecule has 18 heavy (non-hydrogen) atoms. The molecular weight excluding hydrogens is 246 g/mol. The molecule has 0 atom stereocenters. The maximum absolute atomic E-state index is 9.63. The lowest BCUT2D eigenvalue weighted by Crippen LogP contribution is -2.49. The number of aromatic nitrogens is 2. The van der Waals surface area contributed by atoms with Crippen LogP contribution in [0, 0.1) is 0 Å². The van der Waals surface area contributed by atoms with Crippen LogP contribution in [0.15, 0.2) is 17.8 Å². The highest BCUT2D eigenvalue weighted by molar-refractivity contribution is 7.15. The summed E-state index contributed by atoms with van der Waals surface area (Å²) in [6.07, 6.45) is 9.96. The van der Waals surface area contributed by atoms with Crippen molar-refractivity contribution in [3.63, 3.8) is 0 Å². The number of fused-ring (bicyclic) bond motifs is 1. The smallest absolute Gasteiger partial charge is 0.193 e. The molecule has 4 nitrogen and oxygen atoms in total. The molecule has 1 fully saturated rings. The standard InChI is InChI=1S/C13H19N3OS/c17-10-13(4-2-1-3-5-13)14-8-11-9-16-6-7-18-12(16)15-11/h6-7,9,14,17H,1-5,8,10H2. The van der Waals surface area contributed by atoms with E-state index in [-0.39, 0.29) is 12.1 Å². The molecule has 0 unspecified atom stereocenters. The minimum Gasteiger partial charge on any atom is -0.394 e. The molecule has 1 aliphatic rings. The highest BCUT2D eigenvalue weighted by Gasteiger charge is 2.30. The number of nitrogens with one attached hydrogen (secondary N) is 1. The molecule has 0 amide bonds. The first kappa shape index (κ1) is 12.1. The van der Waals surface area contributed by atoms with Gasteiger partial charge in [-0.3, -0.25) is 4.40 Å². The Balaban J connectivity index is 1.67. The van der Waals surface area contributed by atoms with Gasteiger partial charge >= 0.3 is 0 Å². The molecule has 0 aromatic carbocycles. The Labute approximate surface area is 111 Å². The van der Waals surface area contributed by atoms with E-state index in [0.29, 0.717) is 0 Å². The van der Waals surface area contributed by atoms with Crippen LogP contribution < -0.4 is 5.32 Å². The van der Waals surface area contributed by atoms with Crippen LogP contribution in [0.4, 0.5) is 0 Å². The summed E-state index contributed by atoms with van der Waals surface area (Å²) < 4.78 is 2.05. The number of thiazole rings is 1. The van der Waals surface area contributed by atoms with Crippen molar-refractivity contribution < 1.29 is 5.11 Å². The van der Waals surface area contributed by atoms with Gasteiger partial charge in [-0.25, -0.2) is 4.98 Å². The molecule has 2 aromatic heterocycles. The van der Waals surface area contributed by atoms with Gasteiger partial charge in [-0.1, -0.05) is 19.3 Å². The normalized spacial score (nSPS) is 19.4. The Morgan fingerprint density at radius 3 is 2.94 bits per heavy atom. The van der Waals surface area contributed by atoms with Crippen LogP contribution in [0.5, 0.6) is 0 Å². The zero-order valence-electron chi connectivity index (χ0n) is 10.4. The highest BCUT2D eigenvalue weighted by Crippen LogP contribution is 2.28. The summed E-state index contributed by atoms with van der Waals surface area (Å²) in [6, 6.07) is 0. The molecular formula is C13H19N3OS. The average Bonchev–Trinajstić information content (AvgIpc) is 2.98. The summed E-state index contributed by atoms with van der Waals surface area (Å²) in [7, 11) is 0. The fourth-order valence-corrected chi connectivity index (χ4v) is 3.48. The lowest BCUT2D eigenvalue weighted by atomic mass is 9.82. The Kier molecular flexibility index (Phi) is 3.37. The molecule has 0 spiro atoms. The molecule has 0 radical (unpaired) electrons. The average molecular weight is 265 g/mol. The molecule has 2 heterocycles. The summed E-state index contributed by atoms with van der Waals surface area (Å²) in [4.78, 5) is 5.60.